The molecule has 0 bridgehead atoms. The predicted molar refractivity (Wildman–Crippen MR) is 67.0 cm³/mol. The lowest BCUT2D eigenvalue weighted by atomic mass is 9.73. The first-order chi connectivity index (χ1) is 7.96. The van der Waals surface area contributed by atoms with Gasteiger partial charge in [-0.2, -0.15) is 5.26 Å². The summed E-state index contributed by atoms with van der Waals surface area (Å²) in [5.74, 6) is 0.0306. The molecule has 4 heteroatoms. The van der Waals surface area contributed by atoms with Crippen LogP contribution in [0.2, 0.25) is 0 Å². The molecule has 1 saturated carbocycles. The lowest BCUT2D eigenvalue weighted by molar-refractivity contribution is -0.132. The molecule has 0 aromatic heterocycles. The molecule has 1 aliphatic carbocycles. The highest BCUT2D eigenvalue weighted by Crippen LogP contribution is 2.35. The first kappa shape index (κ1) is 14.0. The van der Waals surface area contributed by atoms with E-state index in [-0.39, 0.29) is 11.3 Å². The minimum atomic E-state index is -0.514. The molecule has 1 amide bonds. The number of rotatable bonds is 4. The van der Waals surface area contributed by atoms with Gasteiger partial charge in [-0.15, -0.1) is 0 Å². The summed E-state index contributed by atoms with van der Waals surface area (Å²) in [7, 11) is 0. The number of hydrogen-bond acceptors (Lipinski definition) is 3. The Balaban J connectivity index is 2.59. The fourth-order valence-electron chi connectivity index (χ4n) is 2.28. The van der Waals surface area contributed by atoms with E-state index in [1.54, 1.807) is 0 Å². The largest absolute Gasteiger partial charge is 0.354 e. The van der Waals surface area contributed by atoms with Crippen LogP contribution in [-0.4, -0.2) is 19.0 Å². The third-order valence-electron chi connectivity index (χ3n) is 3.68. The zero-order valence-corrected chi connectivity index (χ0v) is 10.9. The molecule has 0 spiro atoms. The highest BCUT2D eigenvalue weighted by molar-refractivity contribution is 5.83. The zero-order valence-electron chi connectivity index (χ0n) is 10.9. The third kappa shape index (κ3) is 3.44. The maximum absolute atomic E-state index is 12.2. The number of nitrogens with zero attached hydrogens (tertiary/aromatic N) is 1. The van der Waals surface area contributed by atoms with Gasteiger partial charge in [0.05, 0.1) is 16.9 Å². The summed E-state index contributed by atoms with van der Waals surface area (Å²) in [5, 5.41) is 11.8. The quantitative estimate of drug-likeness (QED) is 0.778. The summed E-state index contributed by atoms with van der Waals surface area (Å²) in [5.41, 5.74) is 4.89. The molecule has 0 atom stereocenters. The van der Waals surface area contributed by atoms with Crippen LogP contribution in [0.5, 0.6) is 0 Å². The number of carbonyl (C=O) groups is 1. The monoisotopic (exact) mass is 237 g/mol. The van der Waals surface area contributed by atoms with Crippen LogP contribution in [0.3, 0.4) is 0 Å². The molecule has 1 rings (SSSR count). The van der Waals surface area contributed by atoms with Gasteiger partial charge in [-0.05, 0) is 26.7 Å². The number of hydrogen-bond donors (Lipinski definition) is 2. The van der Waals surface area contributed by atoms with Crippen molar-refractivity contribution in [3.05, 3.63) is 0 Å². The van der Waals surface area contributed by atoms with Crippen LogP contribution in [0.15, 0.2) is 0 Å². The van der Waals surface area contributed by atoms with Crippen molar-refractivity contribution >= 4 is 5.91 Å². The summed E-state index contributed by atoms with van der Waals surface area (Å²) >= 11 is 0. The highest BCUT2D eigenvalue weighted by atomic mass is 16.2. The molecule has 0 heterocycles. The molecule has 0 radical (unpaired) electrons. The summed E-state index contributed by atoms with van der Waals surface area (Å²) in [4.78, 5) is 12.2. The van der Waals surface area contributed by atoms with Gasteiger partial charge in [0.1, 0.15) is 0 Å². The van der Waals surface area contributed by atoms with Gasteiger partial charge in [0.2, 0.25) is 5.91 Å². The smallest absolute Gasteiger partial charge is 0.227 e. The summed E-state index contributed by atoms with van der Waals surface area (Å²) < 4.78 is 0. The van der Waals surface area contributed by atoms with Gasteiger partial charge >= 0.3 is 0 Å². The van der Waals surface area contributed by atoms with Crippen LogP contribution in [-0.2, 0) is 4.79 Å². The average Bonchev–Trinajstić information content (AvgIpc) is 2.37. The Labute approximate surface area is 104 Å². The van der Waals surface area contributed by atoms with E-state index in [9.17, 15) is 4.79 Å². The molecular weight excluding hydrogens is 214 g/mol. The van der Waals surface area contributed by atoms with Crippen LogP contribution in [0, 0.1) is 22.2 Å². The Hall–Kier alpha value is -1.08. The fraction of sp³-hybridized carbons (Fsp3) is 0.846. The number of nitrogens with two attached hydrogens (primary N) is 1. The van der Waals surface area contributed by atoms with Gasteiger partial charge in [-0.1, -0.05) is 19.3 Å². The maximum atomic E-state index is 12.2. The van der Waals surface area contributed by atoms with Crippen LogP contribution in [0.1, 0.15) is 46.0 Å². The standard InChI is InChI=1S/C13H23N3O/c1-12(2,8-14)10-16-11(17)13(9-15)6-4-3-5-7-13/h3-7,9-10,15H2,1-2H3,(H,16,17). The second-order valence-electron chi connectivity index (χ2n) is 5.72. The molecule has 0 aromatic carbocycles. The minimum Gasteiger partial charge on any atom is -0.354 e. The van der Waals surface area contributed by atoms with E-state index in [2.05, 4.69) is 11.4 Å². The van der Waals surface area contributed by atoms with E-state index in [0.717, 1.165) is 25.7 Å². The van der Waals surface area contributed by atoms with Crippen molar-refractivity contribution in [1.29, 1.82) is 5.26 Å². The SMILES string of the molecule is CC(C)(C#N)CNC(=O)C1(CN)CCCCC1. The highest BCUT2D eigenvalue weighted by Gasteiger charge is 2.38. The van der Waals surface area contributed by atoms with E-state index in [1.165, 1.54) is 6.42 Å². The van der Waals surface area contributed by atoms with Crippen LogP contribution in [0.25, 0.3) is 0 Å². The molecule has 1 fully saturated rings. The first-order valence-corrected chi connectivity index (χ1v) is 6.35. The van der Waals surface area contributed by atoms with E-state index >= 15 is 0 Å². The van der Waals surface area contributed by atoms with E-state index in [1.807, 2.05) is 13.8 Å². The van der Waals surface area contributed by atoms with Gasteiger partial charge in [0.25, 0.3) is 0 Å². The van der Waals surface area contributed by atoms with Crippen molar-refractivity contribution in [3.8, 4) is 6.07 Å². The lowest BCUT2D eigenvalue weighted by Crippen LogP contribution is -2.49. The molecule has 17 heavy (non-hydrogen) atoms. The number of carbonyl (C=O) groups excluding carboxylic acids is 1. The van der Waals surface area contributed by atoms with E-state index < -0.39 is 5.41 Å². The minimum absolute atomic E-state index is 0.0306. The number of amides is 1. The average molecular weight is 237 g/mol. The molecule has 0 aromatic rings. The lowest BCUT2D eigenvalue weighted by Gasteiger charge is -2.35. The topological polar surface area (TPSA) is 78.9 Å². The summed E-state index contributed by atoms with van der Waals surface area (Å²) in [6, 6.07) is 2.18. The Morgan fingerprint density at radius 2 is 2.00 bits per heavy atom. The van der Waals surface area contributed by atoms with Crippen molar-refractivity contribution in [1.82, 2.24) is 5.32 Å². The fourth-order valence-corrected chi connectivity index (χ4v) is 2.28. The Morgan fingerprint density at radius 3 is 2.47 bits per heavy atom. The Morgan fingerprint density at radius 1 is 1.41 bits per heavy atom. The molecule has 1 aliphatic rings. The summed E-state index contributed by atoms with van der Waals surface area (Å²) in [6.07, 6.45) is 5.10. The van der Waals surface area contributed by atoms with Crippen molar-refractivity contribution in [3.63, 3.8) is 0 Å². The van der Waals surface area contributed by atoms with Crippen molar-refractivity contribution in [2.75, 3.05) is 13.1 Å². The van der Waals surface area contributed by atoms with Crippen LogP contribution < -0.4 is 11.1 Å². The van der Waals surface area contributed by atoms with Gasteiger partial charge in [-0.25, -0.2) is 0 Å². The molecule has 96 valence electrons. The second kappa shape index (κ2) is 5.50. The zero-order chi connectivity index (χ0) is 12.9. The van der Waals surface area contributed by atoms with Crippen LogP contribution >= 0.6 is 0 Å². The number of nitriles is 1. The molecular formula is C13H23N3O. The normalized spacial score (nSPS) is 19.4. The summed E-state index contributed by atoms with van der Waals surface area (Å²) in [6.45, 7) is 4.45. The Bertz CT molecular complexity index is 311. The maximum Gasteiger partial charge on any atom is 0.227 e. The van der Waals surface area contributed by atoms with Crippen molar-refractivity contribution in [2.45, 2.75) is 46.0 Å². The first-order valence-electron chi connectivity index (χ1n) is 6.35. The van der Waals surface area contributed by atoms with Gasteiger partial charge in [-0.3, -0.25) is 4.79 Å². The molecule has 4 nitrogen and oxygen atoms in total. The van der Waals surface area contributed by atoms with Crippen molar-refractivity contribution in [2.24, 2.45) is 16.6 Å². The van der Waals surface area contributed by atoms with E-state index in [0.29, 0.717) is 13.1 Å². The van der Waals surface area contributed by atoms with E-state index in [4.69, 9.17) is 11.0 Å². The molecule has 0 aliphatic heterocycles. The van der Waals surface area contributed by atoms with Gasteiger partial charge < -0.3 is 11.1 Å². The Kier molecular flexibility index (Phi) is 4.53. The van der Waals surface area contributed by atoms with Gasteiger partial charge in [0.15, 0.2) is 0 Å². The second-order valence-corrected chi connectivity index (χ2v) is 5.72. The predicted octanol–water partition coefficient (Wildman–Crippen LogP) is 1.56. The molecule has 0 saturated heterocycles. The third-order valence-corrected chi connectivity index (χ3v) is 3.68. The molecule has 3 N–H and O–H groups in total. The van der Waals surface area contributed by atoms with Crippen LogP contribution in [0.4, 0.5) is 0 Å². The van der Waals surface area contributed by atoms with Crippen molar-refractivity contribution < 1.29 is 4.79 Å². The molecule has 0 unspecified atom stereocenters. The van der Waals surface area contributed by atoms with Gasteiger partial charge in [0, 0.05) is 13.1 Å². The number of nitrogens with one attached hydrogen (secondary N) is 1.